The summed E-state index contributed by atoms with van der Waals surface area (Å²) in [5.74, 6) is -1.02. The van der Waals surface area contributed by atoms with Crippen LogP contribution >= 0.6 is 0 Å². The Morgan fingerprint density at radius 3 is 2.47 bits per heavy atom. The highest BCUT2D eigenvalue weighted by atomic mass is 19.2. The molecule has 17 heavy (non-hydrogen) atoms. The Balaban J connectivity index is 2.70. The molecule has 1 nitrogen and oxygen atoms in total. The highest BCUT2D eigenvalue weighted by molar-refractivity contribution is 5.19. The average Bonchev–Trinajstić information content (AvgIpc) is 2.30. The molecule has 0 amide bonds. The topological polar surface area (TPSA) is 12.0 Å². The van der Waals surface area contributed by atoms with E-state index >= 15 is 0 Å². The van der Waals surface area contributed by atoms with Crippen molar-refractivity contribution in [3.63, 3.8) is 0 Å². The highest BCUT2D eigenvalue weighted by Crippen LogP contribution is 2.17. The second-order valence-corrected chi connectivity index (χ2v) is 4.61. The van der Waals surface area contributed by atoms with Crippen LogP contribution in [-0.4, -0.2) is 13.1 Å². The SMILES string of the molecule is CCCC(C)C(Cc1ccc(F)c(F)c1)NC. The maximum atomic E-state index is 13.1. The van der Waals surface area contributed by atoms with Gasteiger partial charge in [-0.05, 0) is 43.5 Å². The maximum Gasteiger partial charge on any atom is 0.159 e. The van der Waals surface area contributed by atoms with Crippen molar-refractivity contribution in [2.75, 3.05) is 7.05 Å². The van der Waals surface area contributed by atoms with E-state index in [9.17, 15) is 8.78 Å². The highest BCUT2D eigenvalue weighted by Gasteiger charge is 2.15. The van der Waals surface area contributed by atoms with Crippen molar-refractivity contribution < 1.29 is 8.78 Å². The van der Waals surface area contributed by atoms with Gasteiger partial charge in [-0.25, -0.2) is 8.78 Å². The van der Waals surface area contributed by atoms with Crippen molar-refractivity contribution in [1.29, 1.82) is 0 Å². The van der Waals surface area contributed by atoms with Gasteiger partial charge in [0, 0.05) is 6.04 Å². The molecule has 1 aromatic carbocycles. The van der Waals surface area contributed by atoms with Gasteiger partial charge in [0.2, 0.25) is 0 Å². The van der Waals surface area contributed by atoms with Crippen LogP contribution in [0.2, 0.25) is 0 Å². The van der Waals surface area contributed by atoms with Crippen LogP contribution in [0.15, 0.2) is 18.2 Å². The summed E-state index contributed by atoms with van der Waals surface area (Å²) in [6.45, 7) is 4.34. The Morgan fingerprint density at radius 2 is 1.94 bits per heavy atom. The average molecular weight is 241 g/mol. The first-order valence-corrected chi connectivity index (χ1v) is 6.19. The van der Waals surface area contributed by atoms with E-state index in [1.165, 1.54) is 12.1 Å². The fourth-order valence-electron chi connectivity index (χ4n) is 2.16. The quantitative estimate of drug-likeness (QED) is 0.803. The smallest absolute Gasteiger partial charge is 0.159 e. The molecule has 0 heterocycles. The minimum atomic E-state index is -0.781. The number of hydrogen-bond donors (Lipinski definition) is 1. The monoisotopic (exact) mass is 241 g/mol. The minimum Gasteiger partial charge on any atom is -0.316 e. The molecule has 0 fully saturated rings. The Bertz CT molecular complexity index is 352. The Kier molecular flexibility index (Phi) is 5.56. The van der Waals surface area contributed by atoms with Crippen molar-refractivity contribution in [2.45, 2.75) is 39.2 Å². The molecule has 1 aromatic rings. The van der Waals surface area contributed by atoms with E-state index < -0.39 is 11.6 Å². The molecule has 0 saturated carbocycles. The summed E-state index contributed by atoms with van der Waals surface area (Å²) < 4.78 is 25.9. The van der Waals surface area contributed by atoms with Crippen molar-refractivity contribution >= 4 is 0 Å². The Morgan fingerprint density at radius 1 is 1.24 bits per heavy atom. The van der Waals surface area contributed by atoms with E-state index in [1.807, 2.05) is 7.05 Å². The second-order valence-electron chi connectivity index (χ2n) is 4.61. The first-order valence-electron chi connectivity index (χ1n) is 6.19. The van der Waals surface area contributed by atoms with Gasteiger partial charge in [-0.2, -0.15) is 0 Å². The normalized spacial score (nSPS) is 14.6. The van der Waals surface area contributed by atoms with Crippen LogP contribution < -0.4 is 5.32 Å². The predicted molar refractivity (Wildman–Crippen MR) is 67.0 cm³/mol. The molecule has 0 aliphatic heterocycles. The molecule has 1 rings (SSSR count). The summed E-state index contributed by atoms with van der Waals surface area (Å²) in [7, 11) is 1.91. The molecule has 2 atom stereocenters. The van der Waals surface area contributed by atoms with Crippen LogP contribution in [0.5, 0.6) is 0 Å². The fourth-order valence-corrected chi connectivity index (χ4v) is 2.16. The van der Waals surface area contributed by atoms with Crippen molar-refractivity contribution in [2.24, 2.45) is 5.92 Å². The van der Waals surface area contributed by atoms with E-state index in [2.05, 4.69) is 19.2 Å². The number of rotatable bonds is 6. The fraction of sp³-hybridized carbons (Fsp3) is 0.571. The van der Waals surface area contributed by atoms with Crippen molar-refractivity contribution in [3.05, 3.63) is 35.4 Å². The third-order valence-electron chi connectivity index (χ3n) is 3.24. The number of hydrogen-bond acceptors (Lipinski definition) is 1. The third kappa shape index (κ3) is 4.08. The van der Waals surface area contributed by atoms with Crippen LogP contribution in [-0.2, 0) is 6.42 Å². The molecular formula is C14H21F2N. The number of nitrogens with one attached hydrogen (secondary N) is 1. The number of benzene rings is 1. The summed E-state index contributed by atoms with van der Waals surface area (Å²) in [6, 6.07) is 4.45. The van der Waals surface area contributed by atoms with Gasteiger partial charge in [0.1, 0.15) is 0 Å². The standard InChI is InChI=1S/C14H21F2N/c1-4-5-10(2)14(17-3)9-11-6-7-12(15)13(16)8-11/h6-8,10,14,17H,4-5,9H2,1-3H3. The van der Waals surface area contributed by atoms with E-state index in [1.54, 1.807) is 6.07 Å². The molecule has 0 saturated heterocycles. The first-order chi connectivity index (χ1) is 8.08. The zero-order valence-corrected chi connectivity index (χ0v) is 10.8. The van der Waals surface area contributed by atoms with Crippen molar-refractivity contribution in [1.82, 2.24) is 5.32 Å². The van der Waals surface area contributed by atoms with Gasteiger partial charge in [-0.3, -0.25) is 0 Å². The van der Waals surface area contributed by atoms with Gasteiger partial charge in [0.25, 0.3) is 0 Å². The summed E-state index contributed by atoms with van der Waals surface area (Å²) >= 11 is 0. The molecule has 0 bridgehead atoms. The molecule has 3 heteroatoms. The Labute approximate surface area is 102 Å². The van der Waals surface area contributed by atoms with Gasteiger partial charge in [-0.15, -0.1) is 0 Å². The molecule has 0 spiro atoms. The van der Waals surface area contributed by atoms with Crippen LogP contribution in [0.3, 0.4) is 0 Å². The lowest BCUT2D eigenvalue weighted by Crippen LogP contribution is -2.34. The summed E-state index contributed by atoms with van der Waals surface area (Å²) in [5, 5.41) is 3.25. The van der Waals surface area contributed by atoms with E-state index in [-0.39, 0.29) is 0 Å². The minimum absolute atomic E-state index is 0.305. The van der Waals surface area contributed by atoms with E-state index in [0.717, 1.165) is 24.8 Å². The molecule has 2 unspecified atom stereocenters. The molecule has 0 aliphatic rings. The lowest BCUT2D eigenvalue weighted by Gasteiger charge is -2.23. The zero-order chi connectivity index (χ0) is 12.8. The molecule has 0 aromatic heterocycles. The third-order valence-corrected chi connectivity index (χ3v) is 3.24. The van der Waals surface area contributed by atoms with Crippen LogP contribution in [0, 0.1) is 17.6 Å². The number of halogens is 2. The summed E-state index contributed by atoms with van der Waals surface area (Å²) in [4.78, 5) is 0. The largest absolute Gasteiger partial charge is 0.316 e. The van der Waals surface area contributed by atoms with Crippen LogP contribution in [0.4, 0.5) is 8.78 Å². The van der Waals surface area contributed by atoms with Gasteiger partial charge in [-0.1, -0.05) is 26.3 Å². The van der Waals surface area contributed by atoms with E-state index in [4.69, 9.17) is 0 Å². The zero-order valence-electron chi connectivity index (χ0n) is 10.8. The summed E-state index contributed by atoms with van der Waals surface area (Å²) in [6.07, 6.45) is 3.00. The molecule has 0 radical (unpaired) electrons. The molecule has 1 N–H and O–H groups in total. The van der Waals surface area contributed by atoms with Crippen LogP contribution in [0.25, 0.3) is 0 Å². The van der Waals surface area contributed by atoms with Gasteiger partial charge in [0.15, 0.2) is 11.6 Å². The summed E-state index contributed by atoms with van der Waals surface area (Å²) in [5.41, 5.74) is 0.839. The van der Waals surface area contributed by atoms with Crippen molar-refractivity contribution in [3.8, 4) is 0 Å². The molecule has 96 valence electrons. The number of likely N-dealkylation sites (N-methyl/N-ethyl adjacent to an activating group) is 1. The van der Waals surface area contributed by atoms with Gasteiger partial charge < -0.3 is 5.32 Å². The molecule has 0 aliphatic carbocycles. The second kappa shape index (κ2) is 6.70. The Hall–Kier alpha value is -0.960. The molecular weight excluding hydrogens is 220 g/mol. The maximum absolute atomic E-state index is 13.1. The van der Waals surface area contributed by atoms with Gasteiger partial charge in [0.05, 0.1) is 0 Å². The first kappa shape index (κ1) is 14.1. The van der Waals surface area contributed by atoms with Gasteiger partial charge >= 0.3 is 0 Å². The lowest BCUT2D eigenvalue weighted by atomic mass is 9.91. The van der Waals surface area contributed by atoms with Crippen LogP contribution in [0.1, 0.15) is 32.3 Å². The lowest BCUT2D eigenvalue weighted by molar-refractivity contribution is 0.371. The predicted octanol–water partition coefficient (Wildman–Crippen LogP) is 3.53. The van der Waals surface area contributed by atoms with E-state index in [0.29, 0.717) is 12.0 Å².